The van der Waals surface area contributed by atoms with Crippen molar-refractivity contribution in [1.82, 2.24) is 15.3 Å². The van der Waals surface area contributed by atoms with Gasteiger partial charge in [-0.3, -0.25) is 4.79 Å². The lowest BCUT2D eigenvalue weighted by atomic mass is 10.3. The third-order valence-corrected chi connectivity index (χ3v) is 2.69. The Morgan fingerprint density at radius 3 is 2.93 bits per heavy atom. The Morgan fingerprint density at radius 2 is 2.47 bits per heavy atom. The molecule has 1 aromatic rings. The van der Waals surface area contributed by atoms with Gasteiger partial charge in [-0.25, -0.2) is 4.98 Å². The molecule has 1 rings (SSSR count). The van der Waals surface area contributed by atoms with E-state index in [2.05, 4.69) is 15.3 Å². The first-order valence-corrected chi connectivity index (χ1v) is 5.69. The smallest absolute Gasteiger partial charge is 0.321 e. The van der Waals surface area contributed by atoms with E-state index < -0.39 is 12.0 Å². The Balaban J connectivity index is 2.41. The molecule has 0 aliphatic heterocycles. The summed E-state index contributed by atoms with van der Waals surface area (Å²) in [5.41, 5.74) is 0. The first-order valence-electron chi connectivity index (χ1n) is 4.70. The Hall–Kier alpha value is -1.01. The van der Waals surface area contributed by atoms with E-state index in [1.165, 1.54) is 11.8 Å². The fourth-order valence-electron chi connectivity index (χ4n) is 1.09. The summed E-state index contributed by atoms with van der Waals surface area (Å²) < 4.78 is 0. The third-order valence-electron chi connectivity index (χ3n) is 1.69. The molecule has 0 amide bonds. The summed E-state index contributed by atoms with van der Waals surface area (Å²) in [5, 5.41) is 12.7. The molecular formula is C9H15N3O2S. The minimum atomic E-state index is -0.831. The number of nitrogens with one attached hydrogen (secondary N) is 2. The van der Waals surface area contributed by atoms with Crippen LogP contribution in [0.4, 0.5) is 0 Å². The second-order valence-corrected chi connectivity index (χ2v) is 4.43. The monoisotopic (exact) mass is 229 g/mol. The lowest BCUT2D eigenvalue weighted by Crippen LogP contribution is -2.42. The van der Waals surface area contributed by atoms with Crippen LogP contribution in [0.2, 0.25) is 0 Å². The van der Waals surface area contributed by atoms with Gasteiger partial charge in [-0.1, -0.05) is 25.6 Å². The molecule has 1 aromatic heterocycles. The number of hydrogen-bond acceptors (Lipinski definition) is 4. The fourth-order valence-corrected chi connectivity index (χ4v) is 1.94. The second kappa shape index (κ2) is 5.77. The van der Waals surface area contributed by atoms with E-state index >= 15 is 0 Å². The SMILES string of the molecule is CC(C)NC(CSc1ncc[nH]1)C(=O)O. The molecule has 0 fully saturated rings. The van der Waals surface area contributed by atoms with Crippen molar-refractivity contribution in [3.05, 3.63) is 12.4 Å². The molecule has 1 heterocycles. The molecule has 3 N–H and O–H groups in total. The van der Waals surface area contributed by atoms with Crippen LogP contribution in [0, 0.1) is 0 Å². The highest BCUT2D eigenvalue weighted by Gasteiger charge is 2.18. The maximum absolute atomic E-state index is 10.9. The van der Waals surface area contributed by atoms with Crippen LogP contribution in [0.3, 0.4) is 0 Å². The normalized spacial score (nSPS) is 13.0. The molecule has 1 unspecified atom stereocenters. The zero-order chi connectivity index (χ0) is 11.3. The van der Waals surface area contributed by atoms with Crippen molar-refractivity contribution in [2.45, 2.75) is 31.1 Å². The maximum atomic E-state index is 10.9. The van der Waals surface area contributed by atoms with Crippen LogP contribution in [0.5, 0.6) is 0 Å². The molecular weight excluding hydrogens is 214 g/mol. The van der Waals surface area contributed by atoms with Gasteiger partial charge in [0.05, 0.1) is 0 Å². The van der Waals surface area contributed by atoms with Gasteiger partial charge in [-0.05, 0) is 0 Å². The number of thioether (sulfide) groups is 1. The van der Waals surface area contributed by atoms with Gasteiger partial charge in [0.15, 0.2) is 5.16 Å². The summed E-state index contributed by atoms with van der Waals surface area (Å²) in [6, 6.07) is -0.386. The predicted molar refractivity (Wildman–Crippen MR) is 59.0 cm³/mol. The van der Waals surface area contributed by atoms with Crippen LogP contribution in [-0.4, -0.2) is 38.9 Å². The second-order valence-electron chi connectivity index (χ2n) is 3.42. The maximum Gasteiger partial charge on any atom is 0.321 e. The lowest BCUT2D eigenvalue weighted by molar-refractivity contribution is -0.139. The van der Waals surface area contributed by atoms with Crippen molar-refractivity contribution in [2.75, 3.05) is 5.75 Å². The molecule has 0 aliphatic carbocycles. The van der Waals surface area contributed by atoms with Crippen LogP contribution >= 0.6 is 11.8 Å². The standard InChI is InChI=1S/C9H15N3O2S/c1-6(2)12-7(8(13)14)5-15-9-10-3-4-11-9/h3-4,6-7,12H,5H2,1-2H3,(H,10,11)(H,13,14). The summed E-state index contributed by atoms with van der Waals surface area (Å²) >= 11 is 1.40. The van der Waals surface area contributed by atoms with Crippen molar-refractivity contribution in [1.29, 1.82) is 0 Å². The van der Waals surface area contributed by atoms with Crippen molar-refractivity contribution < 1.29 is 9.90 Å². The number of hydrogen-bond donors (Lipinski definition) is 3. The first-order chi connectivity index (χ1) is 7.09. The molecule has 0 spiro atoms. The summed E-state index contributed by atoms with van der Waals surface area (Å²) in [6.45, 7) is 3.85. The van der Waals surface area contributed by atoms with Gasteiger partial charge >= 0.3 is 5.97 Å². The van der Waals surface area contributed by atoms with Crippen molar-refractivity contribution >= 4 is 17.7 Å². The lowest BCUT2D eigenvalue weighted by Gasteiger charge is -2.15. The van der Waals surface area contributed by atoms with E-state index in [1.54, 1.807) is 12.4 Å². The highest BCUT2D eigenvalue weighted by molar-refractivity contribution is 7.99. The van der Waals surface area contributed by atoms with Crippen LogP contribution in [0.25, 0.3) is 0 Å². The highest BCUT2D eigenvalue weighted by atomic mass is 32.2. The van der Waals surface area contributed by atoms with Gasteiger partial charge in [-0.2, -0.15) is 0 Å². The molecule has 0 saturated carbocycles. The number of H-pyrrole nitrogens is 1. The molecule has 5 nitrogen and oxygen atoms in total. The van der Waals surface area contributed by atoms with Crippen molar-refractivity contribution in [3.63, 3.8) is 0 Å². The predicted octanol–water partition coefficient (Wildman–Crippen LogP) is 0.953. The average Bonchev–Trinajstić information content (AvgIpc) is 2.63. The van der Waals surface area contributed by atoms with Gasteiger partial charge in [0.2, 0.25) is 0 Å². The molecule has 84 valence electrons. The number of carboxylic acids is 1. The van der Waals surface area contributed by atoms with E-state index in [0.717, 1.165) is 5.16 Å². The Bertz CT molecular complexity index is 300. The fraction of sp³-hybridized carbons (Fsp3) is 0.556. The van der Waals surface area contributed by atoms with E-state index in [9.17, 15) is 4.79 Å². The largest absolute Gasteiger partial charge is 0.480 e. The molecule has 0 radical (unpaired) electrons. The average molecular weight is 229 g/mol. The van der Waals surface area contributed by atoms with Gasteiger partial charge in [0, 0.05) is 24.2 Å². The first kappa shape index (κ1) is 12.1. The summed E-state index contributed by atoms with van der Waals surface area (Å²) in [7, 11) is 0. The van der Waals surface area contributed by atoms with Crippen molar-refractivity contribution in [2.24, 2.45) is 0 Å². The summed E-state index contributed by atoms with van der Waals surface area (Å²) in [6.07, 6.45) is 3.36. The van der Waals surface area contributed by atoms with Crippen molar-refractivity contribution in [3.8, 4) is 0 Å². The number of carbonyl (C=O) groups is 1. The summed E-state index contributed by atoms with van der Waals surface area (Å²) in [5.74, 6) is -0.371. The molecule has 0 bridgehead atoms. The quantitative estimate of drug-likeness (QED) is 0.633. The molecule has 0 aromatic carbocycles. The molecule has 6 heteroatoms. The Kier molecular flexibility index (Phi) is 4.64. The minimum Gasteiger partial charge on any atom is -0.480 e. The van der Waals surface area contributed by atoms with Crippen LogP contribution in [0.15, 0.2) is 17.6 Å². The Labute approximate surface area is 92.7 Å². The molecule has 0 saturated heterocycles. The van der Waals surface area contributed by atoms with E-state index in [1.807, 2.05) is 13.8 Å². The number of carboxylic acid groups (broad SMARTS) is 1. The number of aliphatic carboxylic acids is 1. The van der Waals surface area contributed by atoms with Crippen LogP contribution in [-0.2, 0) is 4.79 Å². The van der Waals surface area contributed by atoms with Gasteiger partial charge < -0.3 is 15.4 Å². The molecule has 15 heavy (non-hydrogen) atoms. The van der Waals surface area contributed by atoms with Crippen LogP contribution in [0.1, 0.15) is 13.8 Å². The Morgan fingerprint density at radius 1 is 1.73 bits per heavy atom. The van der Waals surface area contributed by atoms with E-state index in [0.29, 0.717) is 5.75 Å². The number of nitrogens with zero attached hydrogens (tertiary/aromatic N) is 1. The van der Waals surface area contributed by atoms with Gasteiger partial charge in [0.1, 0.15) is 6.04 Å². The number of aromatic nitrogens is 2. The number of imidazole rings is 1. The van der Waals surface area contributed by atoms with E-state index in [-0.39, 0.29) is 6.04 Å². The van der Waals surface area contributed by atoms with Crippen LogP contribution < -0.4 is 5.32 Å². The number of aromatic amines is 1. The van der Waals surface area contributed by atoms with E-state index in [4.69, 9.17) is 5.11 Å². The molecule has 1 atom stereocenters. The zero-order valence-corrected chi connectivity index (χ0v) is 9.54. The minimum absolute atomic E-state index is 0.156. The third kappa shape index (κ3) is 4.35. The van der Waals surface area contributed by atoms with Gasteiger partial charge in [-0.15, -0.1) is 0 Å². The molecule has 0 aliphatic rings. The summed E-state index contributed by atoms with van der Waals surface area (Å²) in [4.78, 5) is 17.8. The number of rotatable bonds is 6. The zero-order valence-electron chi connectivity index (χ0n) is 8.73. The topological polar surface area (TPSA) is 78.0 Å². The van der Waals surface area contributed by atoms with Gasteiger partial charge in [0.25, 0.3) is 0 Å². The highest BCUT2D eigenvalue weighted by Crippen LogP contribution is 2.13.